The van der Waals surface area contributed by atoms with Gasteiger partial charge in [0.15, 0.2) is 5.82 Å². The predicted octanol–water partition coefficient (Wildman–Crippen LogP) is 2.33. The summed E-state index contributed by atoms with van der Waals surface area (Å²) in [6.45, 7) is 7.40. The fraction of sp³-hybridized carbons (Fsp3) is 0.654. The molecule has 194 valence electrons. The summed E-state index contributed by atoms with van der Waals surface area (Å²) in [5, 5.41) is 8.41. The van der Waals surface area contributed by atoms with Crippen molar-refractivity contribution in [1.29, 1.82) is 0 Å². The molecule has 2 saturated carbocycles. The summed E-state index contributed by atoms with van der Waals surface area (Å²) >= 11 is 0. The Morgan fingerprint density at radius 2 is 1.94 bits per heavy atom. The first kappa shape index (κ1) is 23.5. The first-order valence-electron chi connectivity index (χ1n) is 13.3. The third-order valence-electron chi connectivity index (χ3n) is 8.15. The van der Waals surface area contributed by atoms with E-state index in [1.165, 1.54) is 0 Å². The van der Waals surface area contributed by atoms with E-state index in [9.17, 15) is 4.79 Å². The highest BCUT2D eigenvalue weighted by Gasteiger charge is 2.60. The Labute approximate surface area is 213 Å². The summed E-state index contributed by atoms with van der Waals surface area (Å²) in [7, 11) is 6.26. The predicted molar refractivity (Wildman–Crippen MR) is 140 cm³/mol. The third-order valence-corrected chi connectivity index (χ3v) is 8.15. The molecule has 0 radical (unpaired) electrons. The van der Waals surface area contributed by atoms with Crippen molar-refractivity contribution >= 4 is 17.6 Å². The van der Waals surface area contributed by atoms with Crippen molar-refractivity contribution in [2.24, 2.45) is 4.99 Å². The Balaban J connectivity index is 1.30. The van der Waals surface area contributed by atoms with Crippen LogP contribution in [0.4, 0.5) is 10.6 Å². The van der Waals surface area contributed by atoms with Gasteiger partial charge in [-0.3, -0.25) is 19.5 Å². The third kappa shape index (κ3) is 3.73. The highest BCUT2D eigenvalue weighted by molar-refractivity contribution is 6.13. The largest absolute Gasteiger partial charge is 0.353 e. The molecule has 1 spiro atoms. The van der Waals surface area contributed by atoms with Crippen LogP contribution < -0.4 is 5.32 Å². The van der Waals surface area contributed by atoms with Crippen LogP contribution in [0.15, 0.2) is 35.2 Å². The molecule has 2 unspecified atom stereocenters. The van der Waals surface area contributed by atoms with Crippen LogP contribution in [-0.4, -0.2) is 111 Å². The Bertz CT molecular complexity index is 1120. The van der Waals surface area contributed by atoms with Crippen LogP contribution in [0.5, 0.6) is 0 Å². The fourth-order valence-electron chi connectivity index (χ4n) is 5.92. The summed E-state index contributed by atoms with van der Waals surface area (Å²) in [4.78, 5) is 29.8. The number of rotatable bonds is 8. The molecule has 2 fully saturated rings. The molecule has 0 saturated heterocycles. The second kappa shape index (κ2) is 8.62. The van der Waals surface area contributed by atoms with Gasteiger partial charge < -0.3 is 20.0 Å². The number of likely N-dealkylation sites (N-methyl/N-ethyl adjacent to an activating group) is 3. The van der Waals surface area contributed by atoms with Gasteiger partial charge in [-0.2, -0.15) is 5.10 Å². The van der Waals surface area contributed by atoms with Crippen LogP contribution in [0.1, 0.15) is 38.3 Å². The Hall–Kier alpha value is -2.85. The van der Waals surface area contributed by atoms with Gasteiger partial charge in [-0.15, -0.1) is 0 Å². The molecule has 0 aromatic carbocycles. The van der Waals surface area contributed by atoms with Crippen molar-refractivity contribution in [2.45, 2.75) is 69.9 Å². The molecule has 0 bridgehead atoms. The lowest BCUT2D eigenvalue weighted by Gasteiger charge is -2.49. The fourth-order valence-corrected chi connectivity index (χ4v) is 5.92. The normalized spacial score (nSPS) is 27.3. The summed E-state index contributed by atoms with van der Waals surface area (Å²) in [6.07, 6.45) is 10.7. The number of hydrogen-bond donors (Lipinski definition) is 1. The molecule has 1 N–H and O–H groups in total. The molecule has 1 aromatic rings. The average molecular weight is 494 g/mol. The SMILES string of the molecule is CCN1C=C(Nc2cc(C)n(CCN(C)C)n2)C2=NCN(C)C23C=CN(C(=O)N(C2CC2)C2CC2)C13. The smallest absolute Gasteiger partial charge is 0.326 e. The zero-order valence-corrected chi connectivity index (χ0v) is 22.2. The molecule has 2 atom stereocenters. The van der Waals surface area contributed by atoms with E-state index >= 15 is 0 Å². The summed E-state index contributed by atoms with van der Waals surface area (Å²) in [6, 6.07) is 3.08. The first-order chi connectivity index (χ1) is 17.3. The first-order valence-corrected chi connectivity index (χ1v) is 13.3. The Kier molecular flexibility index (Phi) is 5.64. The molecule has 36 heavy (non-hydrogen) atoms. The summed E-state index contributed by atoms with van der Waals surface area (Å²) in [5.41, 5.74) is 2.58. The molecule has 2 aliphatic carbocycles. The molecule has 10 nitrogen and oxygen atoms in total. The van der Waals surface area contributed by atoms with Crippen molar-refractivity contribution in [3.63, 3.8) is 0 Å². The van der Waals surface area contributed by atoms with Gasteiger partial charge in [-0.25, -0.2) is 4.79 Å². The molecule has 5 aliphatic rings. The van der Waals surface area contributed by atoms with Gasteiger partial charge in [0, 0.05) is 49.3 Å². The zero-order chi connectivity index (χ0) is 25.2. The summed E-state index contributed by atoms with van der Waals surface area (Å²) in [5.74, 6) is 0.822. The molecular weight excluding hydrogens is 454 g/mol. The van der Waals surface area contributed by atoms with Gasteiger partial charge in [-0.05, 0) is 66.7 Å². The van der Waals surface area contributed by atoms with E-state index in [2.05, 4.69) is 78.2 Å². The minimum atomic E-state index is -0.482. The lowest BCUT2D eigenvalue weighted by molar-refractivity contribution is 0.0524. The van der Waals surface area contributed by atoms with Crippen LogP contribution in [0.3, 0.4) is 0 Å². The highest BCUT2D eigenvalue weighted by Crippen LogP contribution is 2.45. The molecule has 6 rings (SSSR count). The van der Waals surface area contributed by atoms with E-state index in [-0.39, 0.29) is 12.2 Å². The number of aromatic nitrogens is 2. The maximum atomic E-state index is 13.9. The quantitative estimate of drug-likeness (QED) is 0.599. The van der Waals surface area contributed by atoms with E-state index in [0.717, 1.165) is 68.2 Å². The maximum absolute atomic E-state index is 13.9. The zero-order valence-electron chi connectivity index (χ0n) is 22.2. The number of nitrogens with zero attached hydrogens (tertiary/aromatic N) is 8. The number of aliphatic imine (C=N–C) groups is 1. The number of urea groups is 1. The second-order valence-corrected chi connectivity index (χ2v) is 11.1. The number of nitrogens with one attached hydrogen (secondary N) is 1. The number of hydrogen-bond acceptors (Lipinski definition) is 7. The molecular formula is C26H39N9O. The molecule has 2 amide bonds. The highest BCUT2D eigenvalue weighted by atomic mass is 16.2. The van der Waals surface area contributed by atoms with Gasteiger partial charge in [0.05, 0.1) is 24.6 Å². The molecule has 10 heteroatoms. The number of carbonyl (C=O) groups is 1. The Morgan fingerprint density at radius 3 is 2.58 bits per heavy atom. The minimum Gasteiger partial charge on any atom is -0.353 e. The molecule has 1 aromatic heterocycles. The number of aryl methyl sites for hydroxylation is 1. The average Bonchev–Trinajstić information content (AvgIpc) is 3.76. The van der Waals surface area contributed by atoms with Crippen molar-refractivity contribution in [2.75, 3.05) is 46.2 Å². The van der Waals surface area contributed by atoms with Crippen molar-refractivity contribution in [1.82, 2.24) is 34.3 Å². The van der Waals surface area contributed by atoms with Crippen molar-refractivity contribution < 1.29 is 4.79 Å². The standard InChI is InChI=1S/C26H39N9O/c1-6-32-16-21(28-22-15-18(2)34(29-22)14-13-30(3)4)23-26(31(5)17-27-23)11-12-33(24(26)32)25(36)35(19-7-8-19)20-9-10-20/h11-12,15-16,19-20,24H,6-10,13-14,17H2,1-5H3,(H,28,29). The van der Waals surface area contributed by atoms with Gasteiger partial charge in [0.25, 0.3) is 0 Å². The number of anilines is 1. The summed E-state index contributed by atoms with van der Waals surface area (Å²) < 4.78 is 2.05. The van der Waals surface area contributed by atoms with E-state index in [1.54, 1.807) is 0 Å². The van der Waals surface area contributed by atoms with Gasteiger partial charge in [0.2, 0.25) is 0 Å². The topological polar surface area (TPSA) is 75.5 Å². The van der Waals surface area contributed by atoms with E-state index in [0.29, 0.717) is 18.8 Å². The van der Waals surface area contributed by atoms with E-state index < -0.39 is 5.54 Å². The van der Waals surface area contributed by atoms with E-state index in [1.807, 2.05) is 15.8 Å². The molecule has 4 heterocycles. The maximum Gasteiger partial charge on any atom is 0.326 e. The van der Waals surface area contributed by atoms with Crippen molar-refractivity contribution in [3.8, 4) is 0 Å². The second-order valence-electron chi connectivity index (χ2n) is 11.1. The molecule has 3 aliphatic heterocycles. The Morgan fingerprint density at radius 1 is 1.22 bits per heavy atom. The van der Waals surface area contributed by atoms with Crippen LogP contribution in [0.25, 0.3) is 0 Å². The van der Waals surface area contributed by atoms with Gasteiger partial charge >= 0.3 is 6.03 Å². The van der Waals surface area contributed by atoms with Crippen LogP contribution in [0, 0.1) is 6.92 Å². The van der Waals surface area contributed by atoms with Crippen LogP contribution in [0.2, 0.25) is 0 Å². The lowest BCUT2D eigenvalue weighted by atomic mass is 9.85. The number of carbonyl (C=O) groups excluding carboxylic acids is 1. The van der Waals surface area contributed by atoms with Gasteiger partial charge in [0.1, 0.15) is 11.7 Å². The monoisotopic (exact) mass is 493 g/mol. The number of amides is 2. The van der Waals surface area contributed by atoms with E-state index in [4.69, 9.17) is 10.1 Å². The lowest BCUT2D eigenvalue weighted by Crippen LogP contribution is -2.67. The van der Waals surface area contributed by atoms with Gasteiger partial charge in [-0.1, -0.05) is 0 Å². The van der Waals surface area contributed by atoms with Crippen molar-refractivity contribution in [3.05, 3.63) is 35.9 Å². The van der Waals surface area contributed by atoms with Crippen LogP contribution >= 0.6 is 0 Å². The minimum absolute atomic E-state index is 0.147. The van der Waals surface area contributed by atoms with Crippen LogP contribution in [-0.2, 0) is 6.54 Å².